The maximum atomic E-state index is 10.6. The van der Waals surface area contributed by atoms with Crippen molar-refractivity contribution in [1.82, 2.24) is 10.6 Å². The molecular formula is C39H81N4O2S2+. The average Bonchev–Trinajstić information content (AvgIpc) is 3.07. The predicted octanol–water partition coefficient (Wildman–Crippen LogP) is 9.67. The van der Waals surface area contributed by atoms with Crippen molar-refractivity contribution in [3.8, 4) is 0 Å². The molecule has 0 aliphatic carbocycles. The Bertz CT molecular complexity index is 673. The number of nitrogens with zero attached hydrogens (tertiary/aromatic N) is 1. The molecule has 1 aliphatic heterocycles. The topological polar surface area (TPSA) is 82.5 Å². The Morgan fingerprint density at radius 3 is 1.64 bits per heavy atom. The van der Waals surface area contributed by atoms with Crippen LogP contribution in [0.25, 0.3) is 0 Å². The number of unbranched alkanes of at least 4 members (excludes halogenated alkanes) is 22. The number of aliphatic hydroxyl groups is 1. The fourth-order valence-electron chi connectivity index (χ4n) is 6.36. The lowest BCUT2D eigenvalue weighted by Gasteiger charge is -2.36. The number of nitrogens with two attached hydrogens (primary N) is 1. The second kappa shape index (κ2) is 36.0. The third-order valence-electron chi connectivity index (χ3n) is 9.51. The summed E-state index contributed by atoms with van der Waals surface area (Å²) in [7, 11) is 3.77. The van der Waals surface area contributed by atoms with Crippen LogP contribution in [0.3, 0.4) is 0 Å². The predicted molar refractivity (Wildman–Crippen MR) is 212 cm³/mol. The third kappa shape index (κ3) is 29.6. The zero-order chi connectivity index (χ0) is 33.9. The molecule has 0 spiro atoms. The van der Waals surface area contributed by atoms with Crippen LogP contribution in [-0.4, -0.2) is 79.2 Å². The van der Waals surface area contributed by atoms with Crippen LogP contribution in [0.15, 0.2) is 0 Å². The largest absolute Gasteiger partial charge is 0.378 e. The Kier molecular flexibility index (Phi) is 34.6. The van der Waals surface area contributed by atoms with Gasteiger partial charge in [-0.25, -0.2) is 4.58 Å². The second-order valence-electron chi connectivity index (χ2n) is 14.1. The van der Waals surface area contributed by atoms with Gasteiger partial charge >= 0.3 is 0 Å². The van der Waals surface area contributed by atoms with Crippen LogP contribution in [0.4, 0.5) is 0 Å². The first-order valence-corrected chi connectivity index (χ1v) is 23.0. The van der Waals surface area contributed by atoms with Crippen molar-refractivity contribution in [3.63, 3.8) is 0 Å². The molecule has 1 saturated heterocycles. The standard InChI is InChI=1S/C39H81N4O2S2/c1-3-5-7-9-11-13-15-17-19-21-23-25-29-41-38(44)27-31-43(32-34-47-46-33-28-40)35-37-36-45-39(37)42-30-26-24-22-20-18-16-14-12-10-8-6-4-2/h31,37-39,41-42,44H,3-30,32-36,40H2,1-2H3/q+1. The summed E-state index contributed by atoms with van der Waals surface area (Å²) < 4.78 is 8.36. The Morgan fingerprint density at radius 1 is 0.702 bits per heavy atom. The molecule has 0 aromatic rings. The van der Waals surface area contributed by atoms with E-state index in [2.05, 4.69) is 35.3 Å². The van der Waals surface area contributed by atoms with E-state index in [1.54, 1.807) is 0 Å². The number of ether oxygens (including phenoxy) is 1. The number of nitrogens with one attached hydrogen (secondary N) is 2. The quantitative estimate of drug-likeness (QED) is 0.0168. The number of hydrogen-bond acceptors (Lipinski definition) is 7. The molecule has 1 fully saturated rings. The first-order chi connectivity index (χ1) is 23.2. The highest BCUT2D eigenvalue weighted by molar-refractivity contribution is 8.76. The zero-order valence-electron chi connectivity index (χ0n) is 31.3. The van der Waals surface area contributed by atoms with Gasteiger partial charge < -0.3 is 15.6 Å². The number of aliphatic hydroxyl groups excluding tert-OH is 1. The lowest BCUT2D eigenvalue weighted by atomic mass is 10.0. The van der Waals surface area contributed by atoms with Gasteiger partial charge in [0.1, 0.15) is 18.7 Å². The monoisotopic (exact) mass is 702 g/mol. The minimum absolute atomic E-state index is 0.173. The van der Waals surface area contributed by atoms with Gasteiger partial charge in [-0.1, -0.05) is 177 Å². The smallest absolute Gasteiger partial charge is 0.152 e. The maximum Gasteiger partial charge on any atom is 0.152 e. The first kappa shape index (κ1) is 45.2. The van der Waals surface area contributed by atoms with Crippen LogP contribution < -0.4 is 16.4 Å². The van der Waals surface area contributed by atoms with Crippen molar-refractivity contribution in [2.24, 2.45) is 11.7 Å². The lowest BCUT2D eigenvalue weighted by molar-refractivity contribution is -0.535. The molecule has 1 aliphatic rings. The minimum Gasteiger partial charge on any atom is -0.378 e. The van der Waals surface area contributed by atoms with Crippen LogP contribution >= 0.6 is 21.6 Å². The van der Waals surface area contributed by atoms with E-state index >= 15 is 0 Å². The molecule has 3 unspecified atom stereocenters. The molecule has 280 valence electrons. The molecule has 0 aromatic heterocycles. The molecule has 0 radical (unpaired) electrons. The Labute approximate surface area is 301 Å². The van der Waals surface area contributed by atoms with Gasteiger partial charge in [-0.15, -0.1) is 0 Å². The number of rotatable bonds is 38. The number of hydrogen-bond donors (Lipinski definition) is 4. The van der Waals surface area contributed by atoms with Crippen LogP contribution in [0.2, 0.25) is 0 Å². The molecule has 0 aromatic carbocycles. The molecule has 1 rings (SSSR count). The molecule has 0 saturated carbocycles. The SMILES string of the molecule is CCCCCCCCCCCCCCNC(O)CC=[N+](CCSSCCN)CC1COC1NCCCCCCCCCCCCCC. The Hall–Kier alpha value is 0.170. The molecular weight excluding hydrogens is 621 g/mol. The van der Waals surface area contributed by atoms with Crippen molar-refractivity contribution in [3.05, 3.63) is 0 Å². The van der Waals surface area contributed by atoms with Crippen LogP contribution in [0.1, 0.15) is 174 Å². The summed E-state index contributed by atoms with van der Waals surface area (Å²) in [6.45, 7) is 10.1. The summed E-state index contributed by atoms with van der Waals surface area (Å²) >= 11 is 0. The molecule has 47 heavy (non-hydrogen) atoms. The van der Waals surface area contributed by atoms with Crippen molar-refractivity contribution in [1.29, 1.82) is 0 Å². The summed E-state index contributed by atoms with van der Waals surface area (Å²) in [6, 6.07) is 0. The van der Waals surface area contributed by atoms with E-state index in [9.17, 15) is 5.11 Å². The Balaban J connectivity index is 2.17. The molecule has 3 atom stereocenters. The van der Waals surface area contributed by atoms with E-state index in [-0.39, 0.29) is 6.23 Å². The van der Waals surface area contributed by atoms with Gasteiger partial charge in [-0.2, -0.15) is 0 Å². The van der Waals surface area contributed by atoms with Gasteiger partial charge in [-0.3, -0.25) is 10.6 Å². The van der Waals surface area contributed by atoms with Crippen LogP contribution in [0, 0.1) is 5.92 Å². The van der Waals surface area contributed by atoms with Gasteiger partial charge in [0.05, 0.1) is 24.7 Å². The van der Waals surface area contributed by atoms with Crippen molar-refractivity contribution in [2.45, 2.75) is 187 Å². The summed E-state index contributed by atoms with van der Waals surface area (Å²) in [6.07, 6.45) is 35.6. The van der Waals surface area contributed by atoms with E-state index in [0.717, 1.165) is 57.3 Å². The van der Waals surface area contributed by atoms with E-state index in [4.69, 9.17) is 10.5 Å². The minimum atomic E-state index is -0.471. The molecule has 8 heteroatoms. The summed E-state index contributed by atoms with van der Waals surface area (Å²) in [5, 5.41) is 17.7. The molecule has 0 amide bonds. The van der Waals surface area contributed by atoms with Gasteiger partial charge in [0.2, 0.25) is 0 Å². The third-order valence-corrected chi connectivity index (χ3v) is 11.9. The summed E-state index contributed by atoms with van der Waals surface area (Å²) in [5.41, 5.74) is 5.67. The van der Waals surface area contributed by atoms with Gasteiger partial charge in [-0.05, 0) is 25.9 Å². The molecule has 0 bridgehead atoms. The average molecular weight is 702 g/mol. The second-order valence-corrected chi connectivity index (χ2v) is 16.8. The van der Waals surface area contributed by atoms with E-state index in [1.165, 1.54) is 148 Å². The van der Waals surface area contributed by atoms with Crippen molar-refractivity contribution < 1.29 is 14.4 Å². The fraction of sp³-hybridized carbons (Fsp3) is 0.974. The van der Waals surface area contributed by atoms with Gasteiger partial charge in [0.15, 0.2) is 13.1 Å². The maximum absolute atomic E-state index is 10.6. The Morgan fingerprint density at radius 2 is 1.17 bits per heavy atom. The van der Waals surface area contributed by atoms with Crippen molar-refractivity contribution in [2.75, 3.05) is 50.8 Å². The van der Waals surface area contributed by atoms with Gasteiger partial charge in [0.25, 0.3) is 0 Å². The highest BCUT2D eigenvalue weighted by Crippen LogP contribution is 2.22. The molecule has 5 N–H and O–H groups in total. The summed E-state index contributed by atoms with van der Waals surface area (Å²) in [4.78, 5) is 0. The van der Waals surface area contributed by atoms with E-state index in [0.29, 0.717) is 12.3 Å². The normalized spacial score (nSPS) is 17.3. The first-order valence-electron chi connectivity index (χ1n) is 20.5. The van der Waals surface area contributed by atoms with Crippen LogP contribution in [0.5, 0.6) is 0 Å². The summed E-state index contributed by atoms with van der Waals surface area (Å²) in [5.74, 6) is 2.57. The fourth-order valence-corrected chi connectivity index (χ4v) is 8.22. The van der Waals surface area contributed by atoms with Crippen LogP contribution in [-0.2, 0) is 4.74 Å². The molecule has 6 nitrogen and oxygen atoms in total. The highest BCUT2D eigenvalue weighted by atomic mass is 33.1. The van der Waals surface area contributed by atoms with Crippen molar-refractivity contribution >= 4 is 27.8 Å². The molecule has 1 heterocycles. The zero-order valence-corrected chi connectivity index (χ0v) is 33.0. The van der Waals surface area contributed by atoms with Gasteiger partial charge in [0, 0.05) is 12.3 Å². The lowest BCUT2D eigenvalue weighted by Crippen LogP contribution is -2.53. The van der Waals surface area contributed by atoms with E-state index < -0.39 is 6.23 Å². The van der Waals surface area contributed by atoms with E-state index in [1.807, 2.05) is 21.6 Å². The highest BCUT2D eigenvalue weighted by Gasteiger charge is 2.35.